The van der Waals surface area contributed by atoms with Gasteiger partial charge in [0.15, 0.2) is 0 Å². The van der Waals surface area contributed by atoms with Crippen molar-refractivity contribution in [3.8, 4) is 5.75 Å². The van der Waals surface area contributed by atoms with Gasteiger partial charge in [0.25, 0.3) is 0 Å². The third kappa shape index (κ3) is 4.34. The number of hydrogen-bond acceptors (Lipinski definition) is 5. The maximum absolute atomic E-state index is 7.09. The van der Waals surface area contributed by atoms with Crippen LogP contribution in [0.2, 0.25) is 0 Å². The number of rotatable bonds is 4. The zero-order valence-corrected chi connectivity index (χ0v) is 27.3. The van der Waals surface area contributed by atoms with E-state index in [2.05, 4.69) is 91.6 Å². The lowest BCUT2D eigenvalue weighted by atomic mass is 9.51. The second kappa shape index (κ2) is 11.6. The zero-order chi connectivity index (χ0) is 31.4. The SMILES string of the molecule is C/C=C\C1=C(N)N(C2=CC3=C(CC2)C2(C4=C(CCCC4)OC4CC(/C(C)=C/C=C\N)CCC42)c2ccccc2O3)C2C=CC=CC12. The Labute approximate surface area is 274 Å². The maximum Gasteiger partial charge on any atom is 0.131 e. The van der Waals surface area contributed by atoms with Gasteiger partial charge >= 0.3 is 0 Å². The van der Waals surface area contributed by atoms with E-state index in [9.17, 15) is 0 Å². The summed E-state index contributed by atoms with van der Waals surface area (Å²) in [5.41, 5.74) is 20.7. The number of nitrogens with two attached hydrogens (primary N) is 2. The van der Waals surface area contributed by atoms with Gasteiger partial charge in [-0.3, -0.25) is 0 Å². The molecule has 0 radical (unpaired) electrons. The van der Waals surface area contributed by atoms with Gasteiger partial charge in [0.2, 0.25) is 0 Å². The average molecular weight is 614 g/mol. The summed E-state index contributed by atoms with van der Waals surface area (Å²) in [7, 11) is 0. The summed E-state index contributed by atoms with van der Waals surface area (Å²) in [6.07, 6.45) is 31.3. The predicted molar refractivity (Wildman–Crippen MR) is 185 cm³/mol. The highest BCUT2D eigenvalue weighted by Gasteiger charge is 2.59. The van der Waals surface area contributed by atoms with E-state index in [0.29, 0.717) is 11.8 Å². The third-order valence-electron chi connectivity index (χ3n) is 11.9. The van der Waals surface area contributed by atoms with Crippen molar-refractivity contribution >= 4 is 0 Å². The number of hydrogen-bond donors (Lipinski definition) is 2. The molecule has 1 aromatic rings. The van der Waals surface area contributed by atoms with Crippen molar-refractivity contribution in [3.05, 3.63) is 136 Å². The molecule has 238 valence electrons. The lowest BCUT2D eigenvalue weighted by Crippen LogP contribution is -2.54. The van der Waals surface area contributed by atoms with Crippen molar-refractivity contribution in [2.45, 2.75) is 89.2 Å². The van der Waals surface area contributed by atoms with E-state index in [1.807, 2.05) is 6.08 Å². The Bertz CT molecular complexity index is 1710. The molecule has 0 saturated heterocycles. The molecule has 5 heteroatoms. The summed E-state index contributed by atoms with van der Waals surface area (Å²) in [5, 5.41) is 0. The lowest BCUT2D eigenvalue weighted by Gasteiger charge is -2.57. The van der Waals surface area contributed by atoms with Crippen LogP contribution in [0.25, 0.3) is 0 Å². The van der Waals surface area contributed by atoms with Crippen molar-refractivity contribution in [2.24, 2.45) is 29.2 Å². The smallest absolute Gasteiger partial charge is 0.131 e. The molecule has 3 heterocycles. The Morgan fingerprint density at radius 3 is 2.74 bits per heavy atom. The molecule has 0 bridgehead atoms. The van der Waals surface area contributed by atoms with E-state index >= 15 is 0 Å². The summed E-state index contributed by atoms with van der Waals surface area (Å²) in [5.74, 6) is 5.29. The van der Waals surface area contributed by atoms with Gasteiger partial charge in [0.05, 0.1) is 17.2 Å². The van der Waals surface area contributed by atoms with Gasteiger partial charge in [-0.2, -0.15) is 0 Å². The molecular weight excluding hydrogens is 566 g/mol. The average Bonchev–Trinajstić information content (AvgIpc) is 3.37. The number of fused-ring (bicyclic) bond motifs is 7. The van der Waals surface area contributed by atoms with Crippen LogP contribution in [-0.2, 0) is 10.2 Å². The standard InChI is InChI=1S/C41H47N3O2/c1-3-11-30-29-13-4-7-16-35(29)44(40(30)43)28-20-22-34-39(25-28)46-37-18-9-6-15-32(37)41(34)31-14-5-8-17-36(31)45-38-24-27(19-21-33(38)41)26(2)12-10-23-42/h3-4,6-7,9-13,15-16,18,23,25,27,29,33,35,38H,5,8,14,17,19-22,24,42-43H2,1-2H3/b11-3-,23-10-,26-12+. The molecule has 8 rings (SSSR count). The first-order valence-corrected chi connectivity index (χ1v) is 17.5. The second-order valence-electron chi connectivity index (χ2n) is 14.1. The fourth-order valence-electron chi connectivity index (χ4n) is 9.96. The summed E-state index contributed by atoms with van der Waals surface area (Å²) >= 11 is 0. The zero-order valence-electron chi connectivity index (χ0n) is 27.3. The number of para-hydroxylation sites is 1. The van der Waals surface area contributed by atoms with Crippen LogP contribution in [0.4, 0.5) is 0 Å². The molecule has 6 atom stereocenters. The molecule has 1 aromatic carbocycles. The quantitative estimate of drug-likeness (QED) is 0.333. The van der Waals surface area contributed by atoms with E-state index in [1.165, 1.54) is 52.2 Å². The number of allylic oxidation sites excluding steroid dienone is 12. The van der Waals surface area contributed by atoms with Crippen LogP contribution in [0.5, 0.6) is 5.75 Å². The van der Waals surface area contributed by atoms with Crippen LogP contribution in [-0.4, -0.2) is 17.0 Å². The highest BCUT2D eigenvalue weighted by atomic mass is 16.5. The molecule has 4 N–H and O–H groups in total. The highest BCUT2D eigenvalue weighted by molar-refractivity contribution is 5.62. The van der Waals surface area contributed by atoms with E-state index in [4.69, 9.17) is 20.9 Å². The monoisotopic (exact) mass is 613 g/mol. The lowest BCUT2D eigenvalue weighted by molar-refractivity contribution is -0.0348. The van der Waals surface area contributed by atoms with Crippen LogP contribution in [0, 0.1) is 17.8 Å². The minimum Gasteiger partial charge on any atom is -0.494 e. The fourth-order valence-corrected chi connectivity index (χ4v) is 9.96. The van der Waals surface area contributed by atoms with Crippen LogP contribution >= 0.6 is 0 Å². The minimum absolute atomic E-state index is 0.173. The van der Waals surface area contributed by atoms with Crippen molar-refractivity contribution in [2.75, 3.05) is 0 Å². The Kier molecular flexibility index (Phi) is 7.38. The summed E-state index contributed by atoms with van der Waals surface area (Å²) in [4.78, 5) is 2.38. The molecular formula is C41H47N3O2. The highest BCUT2D eigenvalue weighted by Crippen LogP contribution is 2.64. The first-order chi connectivity index (χ1) is 22.6. The van der Waals surface area contributed by atoms with Crippen molar-refractivity contribution in [1.82, 2.24) is 4.90 Å². The van der Waals surface area contributed by atoms with Gasteiger partial charge in [-0.1, -0.05) is 66.3 Å². The Morgan fingerprint density at radius 1 is 1.02 bits per heavy atom. The first kappa shape index (κ1) is 29.3. The third-order valence-corrected chi connectivity index (χ3v) is 11.9. The van der Waals surface area contributed by atoms with E-state index < -0.39 is 0 Å². The Balaban J connectivity index is 1.27. The number of nitrogens with zero attached hydrogens (tertiary/aromatic N) is 1. The molecule has 46 heavy (non-hydrogen) atoms. The predicted octanol–water partition coefficient (Wildman–Crippen LogP) is 8.48. The van der Waals surface area contributed by atoms with Gasteiger partial charge in [-0.05, 0) is 101 Å². The Hall–Kier alpha value is -4.12. The van der Waals surface area contributed by atoms with Gasteiger partial charge in [-0.25, -0.2) is 0 Å². The number of benzene rings is 1. The van der Waals surface area contributed by atoms with Gasteiger partial charge in [0.1, 0.15) is 23.4 Å². The van der Waals surface area contributed by atoms with E-state index in [0.717, 1.165) is 62.3 Å². The van der Waals surface area contributed by atoms with Crippen molar-refractivity contribution in [3.63, 3.8) is 0 Å². The molecule has 0 aromatic heterocycles. The van der Waals surface area contributed by atoms with Crippen LogP contribution in [0.15, 0.2) is 130 Å². The molecule has 1 fully saturated rings. The summed E-state index contributed by atoms with van der Waals surface area (Å²) in [6.45, 7) is 4.33. The van der Waals surface area contributed by atoms with E-state index in [1.54, 1.807) is 6.20 Å². The Morgan fingerprint density at radius 2 is 1.87 bits per heavy atom. The summed E-state index contributed by atoms with van der Waals surface area (Å²) < 4.78 is 14.0. The largest absolute Gasteiger partial charge is 0.494 e. The van der Waals surface area contributed by atoms with Gasteiger partial charge < -0.3 is 25.8 Å². The maximum atomic E-state index is 7.09. The summed E-state index contributed by atoms with van der Waals surface area (Å²) in [6, 6.07) is 9.08. The molecule has 6 unspecified atom stereocenters. The van der Waals surface area contributed by atoms with Crippen LogP contribution < -0.4 is 16.2 Å². The van der Waals surface area contributed by atoms with Crippen molar-refractivity contribution < 1.29 is 9.47 Å². The molecule has 7 aliphatic rings. The molecule has 4 aliphatic carbocycles. The van der Waals surface area contributed by atoms with Crippen LogP contribution in [0.1, 0.15) is 77.2 Å². The van der Waals surface area contributed by atoms with Crippen LogP contribution in [0.3, 0.4) is 0 Å². The first-order valence-electron chi connectivity index (χ1n) is 17.5. The van der Waals surface area contributed by atoms with E-state index in [-0.39, 0.29) is 23.5 Å². The molecule has 0 amide bonds. The van der Waals surface area contributed by atoms with Gasteiger partial charge in [0, 0.05) is 41.2 Å². The molecule has 1 spiro atoms. The van der Waals surface area contributed by atoms with Gasteiger partial charge in [-0.15, -0.1) is 0 Å². The molecule has 1 saturated carbocycles. The molecule has 3 aliphatic heterocycles. The number of ether oxygens (including phenoxy) is 2. The van der Waals surface area contributed by atoms with Crippen molar-refractivity contribution in [1.29, 1.82) is 0 Å². The second-order valence-corrected chi connectivity index (χ2v) is 14.1. The topological polar surface area (TPSA) is 73.7 Å². The normalized spacial score (nSPS) is 33.5. The molecule has 5 nitrogen and oxygen atoms in total. The minimum atomic E-state index is -0.191. The fraction of sp³-hybridized carbons (Fsp3) is 0.415.